The Balaban J connectivity index is 1.53. The maximum atomic E-state index is 11.0. The fraction of sp³-hybridized carbons (Fsp3) is 0.522. The molecule has 0 bridgehead atoms. The lowest BCUT2D eigenvalue weighted by atomic mass is 9.87. The van der Waals surface area contributed by atoms with Gasteiger partial charge >= 0.3 is 0 Å². The summed E-state index contributed by atoms with van der Waals surface area (Å²) in [6, 6.07) is 8.98. The van der Waals surface area contributed by atoms with Gasteiger partial charge in [-0.2, -0.15) is 0 Å². The molecule has 1 aromatic heterocycles. The number of nitrogens with zero attached hydrogens (tertiary/aromatic N) is 3. The first kappa shape index (κ1) is 20.3. The summed E-state index contributed by atoms with van der Waals surface area (Å²) in [5.41, 5.74) is 3.42. The third-order valence-corrected chi connectivity index (χ3v) is 5.73. The van der Waals surface area contributed by atoms with Crippen LogP contribution in [-0.4, -0.2) is 34.5 Å². The zero-order chi connectivity index (χ0) is 20.3. The molecule has 5 heteroatoms. The lowest BCUT2D eigenvalue weighted by molar-refractivity contribution is 0.111. The summed E-state index contributed by atoms with van der Waals surface area (Å²) in [5, 5.41) is 9.78. The third kappa shape index (κ3) is 4.70. The molecule has 1 aromatic carbocycles. The zero-order valence-electron chi connectivity index (χ0n) is 17.4. The van der Waals surface area contributed by atoms with Crippen molar-refractivity contribution in [2.45, 2.75) is 58.8 Å². The average molecular weight is 382 g/mol. The van der Waals surface area contributed by atoms with Crippen molar-refractivity contribution in [1.82, 2.24) is 9.97 Å². The van der Waals surface area contributed by atoms with E-state index in [0.717, 1.165) is 38.8 Å². The van der Waals surface area contributed by atoms with Gasteiger partial charge in [0.15, 0.2) is 12.0 Å². The zero-order valence-corrected chi connectivity index (χ0v) is 17.4. The maximum absolute atomic E-state index is 11.0. The molecule has 3 rings (SSSR count). The van der Waals surface area contributed by atoms with Crippen molar-refractivity contribution in [2.75, 3.05) is 18.0 Å². The van der Waals surface area contributed by atoms with Crippen LogP contribution >= 0.6 is 0 Å². The third-order valence-electron chi connectivity index (χ3n) is 5.73. The molecule has 0 spiro atoms. The largest absolute Gasteiger partial charge is 0.504 e. The molecule has 0 atom stereocenters. The minimum absolute atomic E-state index is 0.0935. The molecule has 1 fully saturated rings. The summed E-state index contributed by atoms with van der Waals surface area (Å²) < 4.78 is 0. The molecule has 2 aromatic rings. The minimum atomic E-state index is -0.107. The molecule has 1 aliphatic heterocycles. The first-order valence-electron chi connectivity index (χ1n) is 10.1. The van der Waals surface area contributed by atoms with Crippen molar-refractivity contribution in [2.24, 2.45) is 5.92 Å². The number of carbonyl (C=O) groups excluding carboxylic acids is 1. The second-order valence-corrected chi connectivity index (χ2v) is 8.84. The highest BCUT2D eigenvalue weighted by Gasteiger charge is 2.21. The quantitative estimate of drug-likeness (QED) is 0.775. The Kier molecular flexibility index (Phi) is 6.01. The average Bonchev–Trinajstić information content (AvgIpc) is 2.68. The van der Waals surface area contributed by atoms with Gasteiger partial charge in [0.05, 0.1) is 5.69 Å². The number of aryl methyl sites for hydroxylation is 2. The smallest absolute Gasteiger partial charge is 0.172 e. The van der Waals surface area contributed by atoms with Crippen LogP contribution in [0.1, 0.15) is 67.6 Å². The molecule has 0 radical (unpaired) electrons. The van der Waals surface area contributed by atoms with Crippen molar-refractivity contribution < 1.29 is 9.90 Å². The molecule has 0 aliphatic carbocycles. The number of aldehydes is 1. The molecule has 1 saturated heterocycles. The second kappa shape index (κ2) is 8.29. The summed E-state index contributed by atoms with van der Waals surface area (Å²) in [7, 11) is 0. The van der Waals surface area contributed by atoms with Gasteiger partial charge in [-0.1, -0.05) is 32.9 Å². The van der Waals surface area contributed by atoms with Gasteiger partial charge in [-0.05, 0) is 55.2 Å². The van der Waals surface area contributed by atoms with E-state index in [2.05, 4.69) is 59.9 Å². The lowest BCUT2D eigenvalue weighted by Gasteiger charge is -2.34. The summed E-state index contributed by atoms with van der Waals surface area (Å²) in [4.78, 5) is 22.0. The summed E-state index contributed by atoms with van der Waals surface area (Å²) in [6.45, 7) is 10.6. The molecule has 28 heavy (non-hydrogen) atoms. The molecule has 1 N–H and O–H groups in total. The van der Waals surface area contributed by atoms with E-state index in [4.69, 9.17) is 0 Å². The maximum Gasteiger partial charge on any atom is 0.172 e. The Hall–Kier alpha value is -2.43. The number of hydrogen-bond donors (Lipinski definition) is 1. The first-order valence-corrected chi connectivity index (χ1v) is 10.1. The van der Waals surface area contributed by atoms with Crippen LogP contribution in [0.15, 0.2) is 24.3 Å². The number of piperidine rings is 1. The monoisotopic (exact) mass is 381 g/mol. The van der Waals surface area contributed by atoms with Gasteiger partial charge in [-0.15, -0.1) is 0 Å². The number of hydrogen-bond acceptors (Lipinski definition) is 5. The van der Waals surface area contributed by atoms with Gasteiger partial charge in [0.1, 0.15) is 11.5 Å². The molecule has 0 amide bonds. The molecule has 150 valence electrons. The number of aromatic hydroxyl groups is 1. The van der Waals surface area contributed by atoms with E-state index in [1.807, 2.05) is 0 Å². The van der Waals surface area contributed by atoms with E-state index >= 15 is 0 Å². The summed E-state index contributed by atoms with van der Waals surface area (Å²) in [5.74, 6) is 1.18. The van der Waals surface area contributed by atoms with Crippen molar-refractivity contribution in [3.05, 3.63) is 47.0 Å². The normalized spacial score (nSPS) is 15.6. The number of anilines is 1. The van der Waals surface area contributed by atoms with Gasteiger partial charge in [0.25, 0.3) is 0 Å². The fourth-order valence-electron chi connectivity index (χ4n) is 3.83. The molecule has 5 nitrogen and oxygen atoms in total. The van der Waals surface area contributed by atoms with E-state index in [9.17, 15) is 9.90 Å². The number of rotatable bonds is 5. The molecular weight excluding hydrogens is 350 g/mol. The molecule has 2 heterocycles. The van der Waals surface area contributed by atoms with E-state index in [1.165, 1.54) is 11.3 Å². The van der Waals surface area contributed by atoms with Crippen LogP contribution in [0.3, 0.4) is 0 Å². The van der Waals surface area contributed by atoms with E-state index in [-0.39, 0.29) is 16.9 Å². The SMILES string of the molecule is Cc1nc(CCC2CCN(c3ccc(C(C)(C)C)cc3)CC2)nc(C=O)c1O. The number of carbonyl (C=O) groups is 1. The van der Waals surface area contributed by atoms with Crippen LogP contribution in [0.4, 0.5) is 5.69 Å². The highest BCUT2D eigenvalue weighted by Crippen LogP contribution is 2.29. The second-order valence-electron chi connectivity index (χ2n) is 8.84. The molecule has 0 saturated carbocycles. The highest BCUT2D eigenvalue weighted by atomic mass is 16.3. The van der Waals surface area contributed by atoms with E-state index < -0.39 is 0 Å². The number of aromatic nitrogens is 2. The van der Waals surface area contributed by atoms with Crippen molar-refractivity contribution >= 4 is 12.0 Å². The van der Waals surface area contributed by atoms with Gasteiger partial charge in [-0.3, -0.25) is 4.79 Å². The summed E-state index contributed by atoms with van der Waals surface area (Å²) >= 11 is 0. The Morgan fingerprint density at radius 3 is 2.36 bits per heavy atom. The number of benzene rings is 1. The summed E-state index contributed by atoms with van der Waals surface area (Å²) in [6.07, 6.45) is 4.65. The van der Waals surface area contributed by atoms with Crippen molar-refractivity contribution in [1.29, 1.82) is 0 Å². The van der Waals surface area contributed by atoms with Gasteiger partial charge in [-0.25, -0.2) is 9.97 Å². The van der Waals surface area contributed by atoms with Gasteiger partial charge in [0.2, 0.25) is 0 Å². The predicted molar refractivity (Wildman–Crippen MR) is 112 cm³/mol. The Bertz CT molecular complexity index is 817. The Labute approximate surface area is 167 Å². The van der Waals surface area contributed by atoms with Crippen LogP contribution in [0.5, 0.6) is 5.75 Å². The van der Waals surface area contributed by atoms with E-state index in [0.29, 0.717) is 23.7 Å². The van der Waals surface area contributed by atoms with Crippen LogP contribution < -0.4 is 4.90 Å². The predicted octanol–water partition coefficient (Wildman–Crippen LogP) is 4.45. The van der Waals surface area contributed by atoms with Crippen molar-refractivity contribution in [3.63, 3.8) is 0 Å². The molecular formula is C23H31N3O2. The fourth-order valence-corrected chi connectivity index (χ4v) is 3.83. The lowest BCUT2D eigenvalue weighted by Crippen LogP contribution is -2.33. The topological polar surface area (TPSA) is 66.3 Å². The Morgan fingerprint density at radius 2 is 1.79 bits per heavy atom. The minimum Gasteiger partial charge on any atom is -0.504 e. The molecule has 1 aliphatic rings. The van der Waals surface area contributed by atoms with E-state index in [1.54, 1.807) is 6.92 Å². The standard InChI is InChI=1S/C23H31N3O2/c1-16-22(28)20(15-27)25-21(24-16)10-5-17-11-13-26(14-12-17)19-8-6-18(7-9-19)23(2,3)4/h6-9,15,17,28H,5,10-14H2,1-4H3. The van der Waals surface area contributed by atoms with Gasteiger partial charge in [0, 0.05) is 25.2 Å². The van der Waals surface area contributed by atoms with Crippen LogP contribution in [0.2, 0.25) is 0 Å². The highest BCUT2D eigenvalue weighted by molar-refractivity contribution is 5.76. The van der Waals surface area contributed by atoms with Crippen LogP contribution in [0, 0.1) is 12.8 Å². The van der Waals surface area contributed by atoms with Crippen molar-refractivity contribution in [3.8, 4) is 5.75 Å². The van der Waals surface area contributed by atoms with Gasteiger partial charge < -0.3 is 10.0 Å². The molecule has 0 unspecified atom stereocenters. The Morgan fingerprint density at radius 1 is 1.14 bits per heavy atom. The van der Waals surface area contributed by atoms with Crippen LogP contribution in [-0.2, 0) is 11.8 Å². The van der Waals surface area contributed by atoms with Crippen LogP contribution in [0.25, 0.3) is 0 Å². The first-order chi connectivity index (χ1) is 13.3.